The Morgan fingerprint density at radius 2 is 1.13 bits per heavy atom. The lowest BCUT2D eigenvalue weighted by Crippen LogP contribution is -2.47. The summed E-state index contributed by atoms with van der Waals surface area (Å²) in [5.41, 5.74) is 3.29. The Kier molecular flexibility index (Phi) is 20.8. The van der Waals surface area contributed by atoms with Gasteiger partial charge in [0.2, 0.25) is 0 Å². The molecule has 0 aliphatic carbocycles. The molecule has 0 unspecified atom stereocenters. The molecule has 3 aromatic rings. The van der Waals surface area contributed by atoms with Crippen molar-refractivity contribution < 1.29 is 37.3 Å². The largest absolute Gasteiger partial charge is 0.497 e. The van der Waals surface area contributed by atoms with E-state index < -0.39 is 16.6 Å². The number of allylic oxidation sites excluding steroid dienone is 1. The predicted octanol–water partition coefficient (Wildman–Crippen LogP) is 12.8. The van der Waals surface area contributed by atoms with Crippen LogP contribution in [0.3, 0.4) is 0 Å². The average Bonchev–Trinajstić information content (AvgIpc) is 3.18. The van der Waals surface area contributed by atoms with Crippen molar-refractivity contribution in [3.8, 4) is 11.5 Å². The molecule has 10 heteroatoms. The molecule has 0 N–H and O–H groups in total. The van der Waals surface area contributed by atoms with Crippen molar-refractivity contribution in [3.63, 3.8) is 0 Å². The second-order valence-electron chi connectivity index (χ2n) is 18.9. The van der Waals surface area contributed by atoms with Gasteiger partial charge in [-0.25, -0.2) is 0 Å². The normalized spacial score (nSPS) is 14.8. The second-order valence-corrected chi connectivity index (χ2v) is 28.4. The lowest BCUT2D eigenvalue weighted by Gasteiger charge is -2.43. The van der Waals surface area contributed by atoms with Gasteiger partial charge in [-0.1, -0.05) is 115 Å². The molecule has 60 heavy (non-hydrogen) atoms. The molecule has 0 bridgehead atoms. The van der Waals surface area contributed by atoms with Gasteiger partial charge < -0.3 is 37.3 Å². The minimum Gasteiger partial charge on any atom is -0.497 e. The Morgan fingerprint density at radius 1 is 0.633 bits per heavy atom. The number of rotatable bonds is 27. The monoisotopic (exact) mass is 863 g/mol. The first-order valence-electron chi connectivity index (χ1n) is 21.6. The SMILES string of the molecule is C=C(C[C@H](C[C@@H](CCOCc1ccc(OC)cc1)O[Si](C)(C)C(C)(C)C)O[Si](C)(C)C(C)(C)C)O[C@@H](COCc1ccccc1)C[C@H](/C=C\C)OCc1ccc(OC)cc1. The summed E-state index contributed by atoms with van der Waals surface area (Å²) >= 11 is 0. The van der Waals surface area contributed by atoms with E-state index in [1.54, 1.807) is 14.2 Å². The zero-order valence-corrected chi connectivity index (χ0v) is 41.3. The average molecular weight is 863 g/mol. The van der Waals surface area contributed by atoms with Gasteiger partial charge in [0.1, 0.15) is 17.6 Å². The van der Waals surface area contributed by atoms with Crippen molar-refractivity contribution in [2.45, 2.75) is 155 Å². The fourth-order valence-corrected chi connectivity index (χ4v) is 8.94. The van der Waals surface area contributed by atoms with E-state index in [9.17, 15) is 0 Å². The minimum atomic E-state index is -2.22. The molecule has 0 aliphatic heterocycles. The molecular weight excluding hydrogens is 785 g/mol. The van der Waals surface area contributed by atoms with Crippen LogP contribution in [0, 0.1) is 0 Å². The summed E-state index contributed by atoms with van der Waals surface area (Å²) in [6, 6.07) is 26.2. The van der Waals surface area contributed by atoms with Crippen LogP contribution in [-0.2, 0) is 47.6 Å². The lowest BCUT2D eigenvalue weighted by atomic mass is 10.1. The van der Waals surface area contributed by atoms with Crippen LogP contribution in [0.5, 0.6) is 11.5 Å². The molecule has 3 rings (SSSR count). The highest BCUT2D eigenvalue weighted by atomic mass is 28.4. The molecule has 334 valence electrons. The van der Waals surface area contributed by atoms with Crippen molar-refractivity contribution in [3.05, 3.63) is 120 Å². The Hall–Kier alpha value is -3.23. The highest BCUT2D eigenvalue weighted by molar-refractivity contribution is 6.74. The number of benzene rings is 3. The second kappa shape index (κ2) is 24.4. The van der Waals surface area contributed by atoms with E-state index >= 15 is 0 Å². The quantitative estimate of drug-likeness (QED) is 0.0325. The third-order valence-corrected chi connectivity index (χ3v) is 20.9. The fraction of sp³-hybridized carbons (Fsp3) is 0.560. The summed E-state index contributed by atoms with van der Waals surface area (Å²) in [7, 11) is -1.01. The van der Waals surface area contributed by atoms with E-state index in [1.165, 1.54) is 0 Å². The molecular formula is C50H78O8Si2. The fourth-order valence-electron chi connectivity index (χ4n) is 6.18. The molecule has 8 nitrogen and oxygen atoms in total. The molecule has 0 radical (unpaired) electrons. The topological polar surface area (TPSA) is 73.8 Å². The smallest absolute Gasteiger partial charge is 0.192 e. The van der Waals surface area contributed by atoms with Gasteiger partial charge in [-0.2, -0.15) is 0 Å². The Morgan fingerprint density at radius 3 is 1.65 bits per heavy atom. The molecule has 0 saturated heterocycles. The molecule has 0 aliphatic rings. The highest BCUT2D eigenvalue weighted by Crippen LogP contribution is 2.41. The van der Waals surface area contributed by atoms with E-state index in [1.807, 2.05) is 79.7 Å². The number of hydrogen-bond acceptors (Lipinski definition) is 8. The zero-order valence-electron chi connectivity index (χ0n) is 39.3. The Bertz CT molecular complexity index is 1680. The van der Waals surface area contributed by atoms with E-state index in [4.69, 9.17) is 37.3 Å². The van der Waals surface area contributed by atoms with Crippen LogP contribution in [0.4, 0.5) is 0 Å². The molecule has 0 heterocycles. The van der Waals surface area contributed by atoms with Crippen molar-refractivity contribution in [1.82, 2.24) is 0 Å². The van der Waals surface area contributed by atoms with Gasteiger partial charge in [0, 0.05) is 25.6 Å². The van der Waals surface area contributed by atoms with Crippen LogP contribution in [-0.4, -0.2) is 68.5 Å². The predicted molar refractivity (Wildman–Crippen MR) is 252 cm³/mol. The molecule has 4 atom stereocenters. The van der Waals surface area contributed by atoms with Crippen molar-refractivity contribution in [2.75, 3.05) is 27.4 Å². The van der Waals surface area contributed by atoms with E-state index in [-0.39, 0.29) is 34.5 Å². The molecule has 0 amide bonds. The van der Waals surface area contributed by atoms with Gasteiger partial charge in [-0.3, -0.25) is 0 Å². The van der Waals surface area contributed by atoms with E-state index in [2.05, 4.69) is 92.5 Å². The first kappa shape index (κ1) is 51.1. The highest BCUT2D eigenvalue weighted by Gasteiger charge is 2.42. The van der Waals surface area contributed by atoms with Gasteiger partial charge in [0.05, 0.1) is 58.6 Å². The van der Waals surface area contributed by atoms with Crippen LogP contribution in [0.2, 0.25) is 36.3 Å². The summed E-state index contributed by atoms with van der Waals surface area (Å²) in [4.78, 5) is 0. The third kappa shape index (κ3) is 18.0. The van der Waals surface area contributed by atoms with Crippen LogP contribution < -0.4 is 9.47 Å². The van der Waals surface area contributed by atoms with Crippen LogP contribution >= 0.6 is 0 Å². The first-order chi connectivity index (χ1) is 28.2. The summed E-state index contributed by atoms with van der Waals surface area (Å²) in [5, 5.41) is 0.0586. The van der Waals surface area contributed by atoms with Crippen LogP contribution in [0.15, 0.2) is 103 Å². The first-order valence-corrected chi connectivity index (χ1v) is 27.5. The van der Waals surface area contributed by atoms with Crippen molar-refractivity contribution in [1.29, 1.82) is 0 Å². The maximum Gasteiger partial charge on any atom is 0.192 e. The molecule has 0 fully saturated rings. The summed E-state index contributed by atoms with van der Waals surface area (Å²) in [6.45, 7) is 31.9. The molecule has 0 aromatic heterocycles. The van der Waals surface area contributed by atoms with E-state index in [0.717, 1.165) is 34.6 Å². The van der Waals surface area contributed by atoms with Gasteiger partial charge in [-0.05, 0) is 97.0 Å². The van der Waals surface area contributed by atoms with Crippen molar-refractivity contribution in [2.24, 2.45) is 0 Å². The van der Waals surface area contributed by atoms with Crippen LogP contribution in [0.1, 0.15) is 90.8 Å². The Labute approximate surface area is 366 Å². The number of ether oxygens (including phenoxy) is 6. The molecule has 0 saturated carbocycles. The third-order valence-electron chi connectivity index (χ3n) is 11.8. The van der Waals surface area contributed by atoms with Gasteiger partial charge in [-0.15, -0.1) is 0 Å². The van der Waals surface area contributed by atoms with E-state index in [0.29, 0.717) is 58.1 Å². The maximum absolute atomic E-state index is 7.25. The van der Waals surface area contributed by atoms with Gasteiger partial charge >= 0.3 is 0 Å². The van der Waals surface area contributed by atoms with Gasteiger partial charge in [0.15, 0.2) is 16.6 Å². The zero-order chi connectivity index (χ0) is 44.4. The summed E-state index contributed by atoms with van der Waals surface area (Å²) in [5.74, 6) is 2.32. The van der Waals surface area contributed by atoms with Crippen LogP contribution in [0.25, 0.3) is 0 Å². The van der Waals surface area contributed by atoms with Crippen molar-refractivity contribution >= 4 is 16.6 Å². The molecule has 0 spiro atoms. The lowest BCUT2D eigenvalue weighted by molar-refractivity contribution is -0.0330. The number of methoxy groups -OCH3 is 2. The maximum atomic E-state index is 7.25. The summed E-state index contributed by atoms with van der Waals surface area (Å²) in [6.07, 6.45) is 5.95. The minimum absolute atomic E-state index is 0.0133. The number of hydrogen-bond donors (Lipinski definition) is 0. The standard InChI is InChI=1S/C50H78O8Si2/c1-15-19-45(55-37-42-24-28-44(52-10)29-25-42)33-48(38-54-36-40-20-17-16-18-21-40)56-39(2)32-47(58-60(13,14)50(6,7)8)34-46(57-59(11,12)49(3,4)5)30-31-53-35-41-22-26-43(51-9)27-23-41/h15-29,45-48H,2,30-38H2,1,3-14H3/b19-15-/t45-,46+,47+,48+/m0/s1. The summed E-state index contributed by atoms with van der Waals surface area (Å²) < 4.78 is 51.0. The Balaban J connectivity index is 1.83. The van der Waals surface area contributed by atoms with Gasteiger partial charge in [0.25, 0.3) is 0 Å². The molecule has 3 aromatic carbocycles.